The van der Waals surface area contributed by atoms with Crippen LogP contribution in [0.15, 0.2) is 77.9 Å². The SMILES string of the molecule is O=C(COc1ccccc1Cl)N/N=C\c1cccc(OC(=O)c2ccc(Cl)cc2)c1. The smallest absolute Gasteiger partial charge is 0.343 e. The Bertz CT molecular complexity index is 1070. The van der Waals surface area contributed by atoms with Crippen molar-refractivity contribution in [2.45, 2.75) is 0 Å². The molecule has 0 aromatic heterocycles. The van der Waals surface area contributed by atoms with Crippen molar-refractivity contribution in [3.8, 4) is 11.5 Å². The van der Waals surface area contributed by atoms with E-state index in [2.05, 4.69) is 10.5 Å². The van der Waals surface area contributed by atoms with Crippen molar-refractivity contribution in [2.24, 2.45) is 5.10 Å². The van der Waals surface area contributed by atoms with Gasteiger partial charge in [0.1, 0.15) is 11.5 Å². The molecule has 0 heterocycles. The minimum Gasteiger partial charge on any atom is -0.482 e. The van der Waals surface area contributed by atoms with Crippen molar-refractivity contribution in [3.63, 3.8) is 0 Å². The summed E-state index contributed by atoms with van der Waals surface area (Å²) < 4.78 is 10.7. The first-order chi connectivity index (χ1) is 14.5. The van der Waals surface area contributed by atoms with Crippen molar-refractivity contribution in [3.05, 3.63) is 94.0 Å². The lowest BCUT2D eigenvalue weighted by Crippen LogP contribution is -2.24. The minimum absolute atomic E-state index is 0.236. The number of carbonyl (C=O) groups excluding carboxylic acids is 2. The first-order valence-electron chi connectivity index (χ1n) is 8.78. The lowest BCUT2D eigenvalue weighted by Gasteiger charge is -2.06. The van der Waals surface area contributed by atoms with Gasteiger partial charge in [0.05, 0.1) is 16.8 Å². The molecule has 3 aromatic rings. The number of hydrogen-bond acceptors (Lipinski definition) is 5. The third kappa shape index (κ3) is 6.34. The standard InChI is InChI=1S/C22H16Cl2N2O4/c23-17-10-8-16(9-11-17)22(28)30-18-5-3-4-15(12-18)13-25-26-21(27)14-29-20-7-2-1-6-19(20)24/h1-13H,14H2,(H,26,27)/b25-13-. The molecule has 0 aliphatic carbocycles. The number of para-hydroxylation sites is 1. The van der Waals surface area contributed by atoms with Gasteiger partial charge in [-0.2, -0.15) is 5.10 Å². The van der Waals surface area contributed by atoms with Crippen LogP contribution < -0.4 is 14.9 Å². The largest absolute Gasteiger partial charge is 0.482 e. The fourth-order valence-electron chi connectivity index (χ4n) is 2.33. The van der Waals surface area contributed by atoms with Crippen LogP contribution >= 0.6 is 23.2 Å². The quantitative estimate of drug-likeness (QED) is 0.248. The van der Waals surface area contributed by atoms with Gasteiger partial charge in [0.2, 0.25) is 0 Å². The summed E-state index contributed by atoms with van der Waals surface area (Å²) in [7, 11) is 0. The fraction of sp³-hybridized carbons (Fsp3) is 0.0455. The molecule has 6 nitrogen and oxygen atoms in total. The highest BCUT2D eigenvalue weighted by Gasteiger charge is 2.09. The summed E-state index contributed by atoms with van der Waals surface area (Å²) in [6, 6.07) is 19.9. The first-order valence-corrected chi connectivity index (χ1v) is 9.54. The van der Waals surface area contributed by atoms with Crippen molar-refractivity contribution >= 4 is 41.3 Å². The zero-order valence-corrected chi connectivity index (χ0v) is 17.1. The molecule has 0 saturated carbocycles. The molecule has 30 heavy (non-hydrogen) atoms. The van der Waals surface area contributed by atoms with Gasteiger partial charge >= 0.3 is 5.97 Å². The highest BCUT2D eigenvalue weighted by molar-refractivity contribution is 6.32. The number of nitrogens with one attached hydrogen (secondary N) is 1. The van der Waals surface area contributed by atoms with E-state index in [1.165, 1.54) is 6.21 Å². The molecule has 0 radical (unpaired) electrons. The summed E-state index contributed by atoms with van der Waals surface area (Å²) in [6.45, 7) is -0.236. The second-order valence-corrected chi connectivity index (χ2v) is 6.82. The molecule has 0 aliphatic rings. The summed E-state index contributed by atoms with van der Waals surface area (Å²) in [5.41, 5.74) is 3.36. The molecular formula is C22H16Cl2N2O4. The zero-order valence-electron chi connectivity index (χ0n) is 15.5. The number of amides is 1. The third-order valence-corrected chi connectivity index (χ3v) is 4.31. The van der Waals surface area contributed by atoms with Crippen LogP contribution in [0.4, 0.5) is 0 Å². The molecule has 0 bridgehead atoms. The number of benzene rings is 3. The van der Waals surface area contributed by atoms with Crippen LogP contribution in [0.25, 0.3) is 0 Å². The van der Waals surface area contributed by atoms with E-state index < -0.39 is 11.9 Å². The number of esters is 1. The molecule has 1 N–H and O–H groups in total. The molecule has 3 rings (SSSR count). The molecule has 152 valence electrons. The maximum atomic E-state index is 12.2. The predicted molar refractivity (Wildman–Crippen MR) is 116 cm³/mol. The van der Waals surface area contributed by atoms with Gasteiger partial charge in [0, 0.05) is 5.02 Å². The van der Waals surface area contributed by atoms with Crippen molar-refractivity contribution in [1.29, 1.82) is 0 Å². The van der Waals surface area contributed by atoms with Crippen LogP contribution in [0, 0.1) is 0 Å². The van der Waals surface area contributed by atoms with Gasteiger partial charge in [0.15, 0.2) is 6.61 Å². The number of ether oxygens (including phenoxy) is 2. The van der Waals surface area contributed by atoms with E-state index in [1.807, 2.05) is 0 Å². The Balaban J connectivity index is 1.52. The molecule has 1 amide bonds. The zero-order chi connectivity index (χ0) is 21.3. The number of carbonyl (C=O) groups is 2. The Kier molecular flexibility index (Phi) is 7.43. The summed E-state index contributed by atoms with van der Waals surface area (Å²) >= 11 is 11.8. The van der Waals surface area contributed by atoms with Crippen molar-refractivity contribution in [1.82, 2.24) is 5.43 Å². The maximum Gasteiger partial charge on any atom is 0.343 e. The predicted octanol–water partition coefficient (Wildman–Crippen LogP) is 4.74. The van der Waals surface area contributed by atoms with Gasteiger partial charge in [-0.05, 0) is 54.1 Å². The second-order valence-electron chi connectivity index (χ2n) is 5.98. The van der Waals surface area contributed by atoms with Gasteiger partial charge in [-0.3, -0.25) is 4.79 Å². The topological polar surface area (TPSA) is 77.0 Å². The number of hydrogen-bond donors (Lipinski definition) is 1. The van der Waals surface area contributed by atoms with E-state index in [0.717, 1.165) is 0 Å². The Morgan fingerprint density at radius 3 is 2.50 bits per heavy atom. The van der Waals surface area contributed by atoms with Crippen LogP contribution in [0.2, 0.25) is 10.0 Å². The molecule has 0 atom stereocenters. The van der Waals surface area contributed by atoms with Crippen LogP contribution in [-0.4, -0.2) is 24.7 Å². The van der Waals surface area contributed by atoms with E-state index in [-0.39, 0.29) is 6.61 Å². The Labute approximate surface area is 183 Å². The van der Waals surface area contributed by atoms with E-state index in [4.69, 9.17) is 32.7 Å². The summed E-state index contributed by atoms with van der Waals surface area (Å²) in [4.78, 5) is 24.0. The summed E-state index contributed by atoms with van der Waals surface area (Å²) in [6.07, 6.45) is 1.42. The maximum absolute atomic E-state index is 12.2. The third-order valence-electron chi connectivity index (χ3n) is 3.75. The van der Waals surface area contributed by atoms with Crippen LogP contribution in [0.5, 0.6) is 11.5 Å². The average molecular weight is 443 g/mol. The van der Waals surface area contributed by atoms with Gasteiger partial charge in [-0.1, -0.05) is 47.5 Å². The highest BCUT2D eigenvalue weighted by Crippen LogP contribution is 2.22. The first kappa shape index (κ1) is 21.4. The Morgan fingerprint density at radius 2 is 1.73 bits per heavy atom. The van der Waals surface area contributed by atoms with E-state index in [0.29, 0.717) is 32.7 Å². The number of rotatable bonds is 7. The lowest BCUT2D eigenvalue weighted by molar-refractivity contribution is -0.123. The van der Waals surface area contributed by atoms with Gasteiger partial charge in [-0.15, -0.1) is 0 Å². The number of halogens is 2. The van der Waals surface area contributed by atoms with Gasteiger partial charge < -0.3 is 9.47 Å². The molecular weight excluding hydrogens is 427 g/mol. The molecule has 0 unspecified atom stereocenters. The van der Waals surface area contributed by atoms with E-state index >= 15 is 0 Å². The second kappa shape index (κ2) is 10.4. The average Bonchev–Trinajstić information content (AvgIpc) is 2.74. The van der Waals surface area contributed by atoms with Crippen LogP contribution in [0.3, 0.4) is 0 Å². The van der Waals surface area contributed by atoms with Crippen LogP contribution in [0.1, 0.15) is 15.9 Å². The monoisotopic (exact) mass is 442 g/mol. The Morgan fingerprint density at radius 1 is 0.967 bits per heavy atom. The molecule has 0 aliphatic heterocycles. The lowest BCUT2D eigenvalue weighted by atomic mass is 10.2. The summed E-state index contributed by atoms with van der Waals surface area (Å²) in [5, 5.41) is 4.82. The summed E-state index contributed by atoms with van der Waals surface area (Å²) in [5.74, 6) is -0.206. The van der Waals surface area contributed by atoms with E-state index in [1.54, 1.807) is 72.8 Å². The van der Waals surface area contributed by atoms with Gasteiger partial charge in [0.25, 0.3) is 5.91 Å². The number of hydrazone groups is 1. The number of nitrogens with zero attached hydrogens (tertiary/aromatic N) is 1. The highest BCUT2D eigenvalue weighted by atomic mass is 35.5. The van der Waals surface area contributed by atoms with Crippen molar-refractivity contribution < 1.29 is 19.1 Å². The molecule has 3 aromatic carbocycles. The van der Waals surface area contributed by atoms with Gasteiger partial charge in [-0.25, -0.2) is 10.2 Å². The van der Waals surface area contributed by atoms with Crippen LogP contribution in [-0.2, 0) is 4.79 Å². The van der Waals surface area contributed by atoms with Crippen molar-refractivity contribution in [2.75, 3.05) is 6.61 Å². The fourth-order valence-corrected chi connectivity index (χ4v) is 2.64. The molecule has 0 saturated heterocycles. The van der Waals surface area contributed by atoms with E-state index in [9.17, 15) is 9.59 Å². The molecule has 0 fully saturated rings. The minimum atomic E-state index is -0.509. The molecule has 0 spiro atoms. The normalized spacial score (nSPS) is 10.6. The molecule has 8 heteroatoms. The Hall–Kier alpha value is -3.35.